The summed E-state index contributed by atoms with van der Waals surface area (Å²) >= 11 is 0. The molecule has 0 fully saturated rings. The third-order valence-electron chi connectivity index (χ3n) is 2.08. The van der Waals surface area contributed by atoms with Gasteiger partial charge in [-0.1, -0.05) is 0 Å². The van der Waals surface area contributed by atoms with Gasteiger partial charge in [-0.15, -0.1) is 0 Å². The minimum atomic E-state index is -2.73. The molecule has 0 saturated carbocycles. The highest BCUT2D eigenvalue weighted by molar-refractivity contribution is 5.70. The summed E-state index contributed by atoms with van der Waals surface area (Å²) in [7, 11) is 0. The molecular weight excluding hydrogens is 208 g/mol. The molecule has 1 aromatic rings. The number of aromatic amines is 1. The van der Waals surface area contributed by atoms with Crippen LogP contribution in [0.3, 0.4) is 0 Å². The van der Waals surface area contributed by atoms with Gasteiger partial charge in [0.05, 0.1) is 6.42 Å². The van der Waals surface area contributed by atoms with Crippen LogP contribution in [0.5, 0.6) is 0 Å². The highest BCUT2D eigenvalue weighted by Crippen LogP contribution is 2.22. The summed E-state index contributed by atoms with van der Waals surface area (Å²) in [4.78, 5) is 23.7. The summed E-state index contributed by atoms with van der Waals surface area (Å²) in [5, 5.41) is 8.51. The Hall–Kier alpha value is -1.72. The van der Waals surface area contributed by atoms with Crippen LogP contribution < -0.4 is 5.56 Å². The van der Waals surface area contributed by atoms with Gasteiger partial charge in [0.25, 0.3) is 12.0 Å². The van der Waals surface area contributed by atoms with E-state index in [1.54, 1.807) is 0 Å². The molecule has 0 bridgehead atoms. The first-order valence-corrected chi connectivity index (χ1v) is 4.14. The van der Waals surface area contributed by atoms with Crippen LogP contribution in [-0.4, -0.2) is 16.1 Å². The molecule has 2 N–H and O–H groups in total. The Labute approximate surface area is 83.6 Å². The summed E-state index contributed by atoms with van der Waals surface area (Å²) in [5.41, 5.74) is -1.07. The standard InChI is InChI=1S/C9H9F2NO3/c1-4-5(2-7(13)14)9(15)12-3-6(4)8(10)11/h3,8H,2H2,1H3,(H,12,15)(H,13,14). The fourth-order valence-electron chi connectivity index (χ4n) is 1.27. The zero-order valence-corrected chi connectivity index (χ0v) is 7.88. The SMILES string of the molecule is Cc1c(C(F)F)c[nH]c(=O)c1CC(=O)O. The minimum absolute atomic E-state index is 0.0381. The van der Waals surface area contributed by atoms with E-state index in [2.05, 4.69) is 4.98 Å². The monoisotopic (exact) mass is 217 g/mol. The van der Waals surface area contributed by atoms with E-state index >= 15 is 0 Å². The van der Waals surface area contributed by atoms with E-state index in [9.17, 15) is 18.4 Å². The number of nitrogens with one attached hydrogen (secondary N) is 1. The second kappa shape index (κ2) is 4.20. The van der Waals surface area contributed by atoms with Crippen molar-refractivity contribution in [2.45, 2.75) is 19.8 Å². The number of hydrogen-bond donors (Lipinski definition) is 2. The molecule has 1 heterocycles. The Morgan fingerprint density at radius 3 is 2.67 bits per heavy atom. The number of carboxylic acid groups (broad SMARTS) is 1. The molecule has 0 amide bonds. The summed E-state index contributed by atoms with van der Waals surface area (Å²) in [6.07, 6.45) is -2.37. The van der Waals surface area contributed by atoms with Crippen molar-refractivity contribution >= 4 is 5.97 Å². The molecule has 0 unspecified atom stereocenters. The van der Waals surface area contributed by atoms with Gasteiger partial charge in [0, 0.05) is 17.3 Å². The van der Waals surface area contributed by atoms with Crippen molar-refractivity contribution in [1.29, 1.82) is 0 Å². The zero-order chi connectivity index (χ0) is 11.6. The first-order chi connectivity index (χ1) is 6.93. The number of rotatable bonds is 3. The smallest absolute Gasteiger partial charge is 0.308 e. The number of H-pyrrole nitrogens is 1. The van der Waals surface area contributed by atoms with Crippen molar-refractivity contribution in [2.75, 3.05) is 0 Å². The summed E-state index contributed by atoms with van der Waals surface area (Å²) in [6, 6.07) is 0. The molecule has 0 aliphatic rings. The average molecular weight is 217 g/mol. The van der Waals surface area contributed by atoms with Crippen molar-refractivity contribution in [3.05, 3.63) is 33.2 Å². The number of halogens is 2. The van der Waals surface area contributed by atoms with Gasteiger partial charge < -0.3 is 10.1 Å². The molecule has 0 spiro atoms. The third kappa shape index (κ3) is 2.39. The van der Waals surface area contributed by atoms with Gasteiger partial charge in [-0.2, -0.15) is 0 Å². The third-order valence-corrected chi connectivity index (χ3v) is 2.08. The van der Waals surface area contributed by atoms with E-state index in [0.717, 1.165) is 6.20 Å². The molecule has 15 heavy (non-hydrogen) atoms. The summed E-state index contributed by atoms with van der Waals surface area (Å²) in [5.74, 6) is -1.23. The number of alkyl halides is 2. The summed E-state index contributed by atoms with van der Waals surface area (Å²) in [6.45, 7) is 1.31. The first-order valence-electron chi connectivity index (χ1n) is 4.14. The Morgan fingerprint density at radius 1 is 1.60 bits per heavy atom. The van der Waals surface area contributed by atoms with Gasteiger partial charge in [0.15, 0.2) is 0 Å². The maximum atomic E-state index is 12.4. The molecule has 1 aromatic heterocycles. The van der Waals surface area contributed by atoms with Gasteiger partial charge in [-0.05, 0) is 12.5 Å². The van der Waals surface area contributed by atoms with Gasteiger partial charge in [-0.3, -0.25) is 9.59 Å². The number of aromatic nitrogens is 1. The molecule has 0 radical (unpaired) electrons. The highest BCUT2D eigenvalue weighted by atomic mass is 19.3. The molecular formula is C9H9F2NO3. The zero-order valence-electron chi connectivity index (χ0n) is 7.88. The fraction of sp³-hybridized carbons (Fsp3) is 0.333. The van der Waals surface area contributed by atoms with Crippen molar-refractivity contribution in [3.63, 3.8) is 0 Å². The minimum Gasteiger partial charge on any atom is -0.481 e. The maximum absolute atomic E-state index is 12.4. The molecule has 1 rings (SSSR count). The van der Waals surface area contributed by atoms with Crippen LogP contribution in [0.15, 0.2) is 11.0 Å². The van der Waals surface area contributed by atoms with Crippen molar-refractivity contribution in [2.24, 2.45) is 0 Å². The molecule has 0 atom stereocenters. The topological polar surface area (TPSA) is 70.2 Å². The van der Waals surface area contributed by atoms with E-state index < -0.39 is 24.4 Å². The van der Waals surface area contributed by atoms with Crippen LogP contribution in [0.1, 0.15) is 23.1 Å². The first kappa shape index (κ1) is 11.4. The van der Waals surface area contributed by atoms with E-state index in [1.807, 2.05) is 0 Å². The van der Waals surface area contributed by atoms with Crippen molar-refractivity contribution < 1.29 is 18.7 Å². The maximum Gasteiger partial charge on any atom is 0.308 e. The largest absolute Gasteiger partial charge is 0.481 e. The predicted octanol–water partition coefficient (Wildman–Crippen LogP) is 1.25. The number of carbonyl (C=O) groups is 1. The van der Waals surface area contributed by atoms with Gasteiger partial charge in [0.1, 0.15) is 0 Å². The Kier molecular flexibility index (Phi) is 3.18. The molecule has 0 aliphatic carbocycles. The second-order valence-electron chi connectivity index (χ2n) is 3.05. The molecule has 6 heteroatoms. The van der Waals surface area contributed by atoms with E-state index in [0.29, 0.717) is 0 Å². The highest BCUT2D eigenvalue weighted by Gasteiger charge is 2.17. The molecule has 4 nitrogen and oxygen atoms in total. The Morgan fingerprint density at radius 2 is 2.20 bits per heavy atom. The lowest BCUT2D eigenvalue weighted by Gasteiger charge is -2.07. The van der Waals surface area contributed by atoms with Crippen LogP contribution >= 0.6 is 0 Å². The lowest BCUT2D eigenvalue weighted by molar-refractivity contribution is -0.136. The predicted molar refractivity (Wildman–Crippen MR) is 48.1 cm³/mol. The van der Waals surface area contributed by atoms with E-state index in [-0.39, 0.29) is 16.7 Å². The Bertz CT molecular complexity index is 439. The van der Waals surface area contributed by atoms with Crippen LogP contribution in [0.2, 0.25) is 0 Å². The molecule has 0 aromatic carbocycles. The van der Waals surface area contributed by atoms with Gasteiger partial charge in [-0.25, -0.2) is 8.78 Å². The van der Waals surface area contributed by atoms with Gasteiger partial charge >= 0.3 is 5.97 Å². The van der Waals surface area contributed by atoms with E-state index in [4.69, 9.17) is 5.11 Å². The molecule has 0 saturated heterocycles. The van der Waals surface area contributed by atoms with Crippen LogP contribution in [-0.2, 0) is 11.2 Å². The van der Waals surface area contributed by atoms with Crippen molar-refractivity contribution in [1.82, 2.24) is 4.98 Å². The number of hydrogen-bond acceptors (Lipinski definition) is 2. The molecule has 0 aliphatic heterocycles. The number of pyridine rings is 1. The fourth-order valence-corrected chi connectivity index (χ4v) is 1.27. The van der Waals surface area contributed by atoms with Crippen LogP contribution in [0, 0.1) is 6.92 Å². The van der Waals surface area contributed by atoms with Crippen LogP contribution in [0.4, 0.5) is 8.78 Å². The van der Waals surface area contributed by atoms with E-state index in [1.165, 1.54) is 6.92 Å². The normalized spacial score (nSPS) is 10.7. The summed E-state index contributed by atoms with van der Waals surface area (Å²) < 4.78 is 24.8. The quantitative estimate of drug-likeness (QED) is 0.800. The molecule has 82 valence electrons. The lowest BCUT2D eigenvalue weighted by atomic mass is 10.0. The number of carboxylic acids is 1. The number of aliphatic carboxylic acids is 1. The Balaban J connectivity index is 3.30. The average Bonchev–Trinajstić information content (AvgIpc) is 2.11. The lowest BCUT2D eigenvalue weighted by Crippen LogP contribution is -2.19. The van der Waals surface area contributed by atoms with Crippen molar-refractivity contribution in [3.8, 4) is 0 Å². The second-order valence-corrected chi connectivity index (χ2v) is 3.05. The van der Waals surface area contributed by atoms with Gasteiger partial charge in [0.2, 0.25) is 0 Å². The van der Waals surface area contributed by atoms with Crippen LogP contribution in [0.25, 0.3) is 0 Å².